The minimum absolute atomic E-state index is 0. The van der Waals surface area contributed by atoms with Crippen LogP contribution in [0.5, 0.6) is 0 Å². The SMILES string of the molecule is CN=C(NCCCNC(=O)OC(C)(C)C)NCC(C)N1CCc2sccc2C1.I. The van der Waals surface area contributed by atoms with Crippen LogP contribution in [0.3, 0.4) is 0 Å². The Kier molecular flexibility index (Phi) is 11.3. The lowest BCUT2D eigenvalue weighted by atomic mass is 10.1. The van der Waals surface area contributed by atoms with Crippen molar-refractivity contribution in [3.8, 4) is 0 Å². The Bertz CT molecular complexity index is 660. The van der Waals surface area contributed by atoms with Crippen LogP contribution in [-0.2, 0) is 17.7 Å². The second-order valence-corrected chi connectivity index (χ2v) is 9.10. The molecule has 0 spiro atoms. The molecule has 0 aliphatic carbocycles. The number of nitrogens with one attached hydrogen (secondary N) is 3. The molecule has 0 saturated carbocycles. The average molecular weight is 538 g/mol. The smallest absolute Gasteiger partial charge is 0.407 e. The third-order valence-corrected chi connectivity index (χ3v) is 5.59. The zero-order valence-electron chi connectivity index (χ0n) is 18.2. The second kappa shape index (κ2) is 12.6. The van der Waals surface area contributed by atoms with E-state index in [-0.39, 0.29) is 30.1 Å². The molecule has 1 aliphatic rings. The highest BCUT2D eigenvalue weighted by molar-refractivity contribution is 14.0. The fraction of sp³-hybridized carbons (Fsp3) is 0.700. The van der Waals surface area contributed by atoms with E-state index in [1.54, 1.807) is 7.05 Å². The van der Waals surface area contributed by atoms with E-state index in [9.17, 15) is 4.79 Å². The van der Waals surface area contributed by atoms with Gasteiger partial charge in [-0.05, 0) is 57.5 Å². The van der Waals surface area contributed by atoms with Crippen molar-refractivity contribution in [2.75, 3.05) is 33.2 Å². The minimum atomic E-state index is -0.468. The summed E-state index contributed by atoms with van der Waals surface area (Å²) in [5.41, 5.74) is 1.01. The number of ether oxygens (including phenoxy) is 1. The van der Waals surface area contributed by atoms with Crippen molar-refractivity contribution < 1.29 is 9.53 Å². The Balaban J connectivity index is 0.00000420. The third-order valence-electron chi connectivity index (χ3n) is 4.56. The molecule has 1 unspecified atom stereocenters. The van der Waals surface area contributed by atoms with Crippen LogP contribution in [0.4, 0.5) is 4.79 Å². The molecule has 3 N–H and O–H groups in total. The number of halogens is 1. The lowest BCUT2D eigenvalue weighted by Crippen LogP contribution is -2.47. The summed E-state index contributed by atoms with van der Waals surface area (Å²) in [6, 6.07) is 2.68. The molecule has 1 amide bonds. The van der Waals surface area contributed by atoms with E-state index in [2.05, 4.69) is 44.2 Å². The van der Waals surface area contributed by atoms with Crippen LogP contribution in [0.2, 0.25) is 0 Å². The average Bonchev–Trinajstić information content (AvgIpc) is 3.09. The van der Waals surface area contributed by atoms with Gasteiger partial charge in [0, 0.05) is 50.7 Å². The van der Waals surface area contributed by atoms with Gasteiger partial charge in [0.1, 0.15) is 5.60 Å². The van der Waals surface area contributed by atoms with Crippen LogP contribution < -0.4 is 16.0 Å². The van der Waals surface area contributed by atoms with Gasteiger partial charge in [-0.3, -0.25) is 9.89 Å². The van der Waals surface area contributed by atoms with Crippen molar-refractivity contribution in [3.63, 3.8) is 0 Å². The Morgan fingerprint density at radius 3 is 2.72 bits per heavy atom. The quantitative estimate of drug-likeness (QED) is 0.216. The molecule has 29 heavy (non-hydrogen) atoms. The van der Waals surface area contributed by atoms with Crippen molar-refractivity contribution in [2.45, 2.75) is 58.7 Å². The maximum absolute atomic E-state index is 11.6. The van der Waals surface area contributed by atoms with E-state index >= 15 is 0 Å². The van der Waals surface area contributed by atoms with Gasteiger partial charge in [-0.2, -0.15) is 0 Å². The summed E-state index contributed by atoms with van der Waals surface area (Å²) in [6.07, 6.45) is 1.57. The number of alkyl carbamates (subject to hydrolysis) is 1. The van der Waals surface area contributed by atoms with Crippen LogP contribution in [0.25, 0.3) is 0 Å². The molecular weight excluding hydrogens is 501 g/mol. The highest BCUT2D eigenvalue weighted by Gasteiger charge is 2.21. The lowest BCUT2D eigenvalue weighted by Gasteiger charge is -2.32. The normalized spacial score (nSPS) is 15.7. The molecule has 0 aromatic carbocycles. The Hall–Kier alpha value is -1.07. The molecule has 1 aromatic heterocycles. The number of rotatable bonds is 7. The number of guanidine groups is 1. The first kappa shape index (κ1) is 26.0. The van der Waals surface area contributed by atoms with Gasteiger partial charge >= 0.3 is 6.09 Å². The number of aliphatic imine (C=N–C) groups is 1. The molecule has 0 bridgehead atoms. The van der Waals surface area contributed by atoms with Crippen molar-refractivity contribution >= 4 is 47.4 Å². The predicted molar refractivity (Wildman–Crippen MR) is 132 cm³/mol. The van der Waals surface area contributed by atoms with Gasteiger partial charge in [0.15, 0.2) is 5.96 Å². The summed E-state index contributed by atoms with van der Waals surface area (Å²) >= 11 is 1.87. The molecule has 0 radical (unpaired) electrons. The predicted octanol–water partition coefficient (Wildman–Crippen LogP) is 3.19. The highest BCUT2D eigenvalue weighted by Crippen LogP contribution is 2.24. The van der Waals surface area contributed by atoms with Crippen LogP contribution in [-0.4, -0.2) is 61.8 Å². The molecule has 0 fully saturated rings. The maximum atomic E-state index is 11.6. The summed E-state index contributed by atoms with van der Waals surface area (Å²) in [7, 11) is 1.78. The van der Waals surface area contributed by atoms with Crippen molar-refractivity contribution in [1.82, 2.24) is 20.9 Å². The molecular formula is C20H36IN5O2S. The van der Waals surface area contributed by atoms with Crippen molar-refractivity contribution in [3.05, 3.63) is 21.9 Å². The summed E-state index contributed by atoms with van der Waals surface area (Å²) in [4.78, 5) is 19.9. The van der Waals surface area contributed by atoms with E-state index in [1.165, 1.54) is 10.4 Å². The maximum Gasteiger partial charge on any atom is 0.407 e. The van der Waals surface area contributed by atoms with Crippen LogP contribution in [0.15, 0.2) is 16.4 Å². The van der Waals surface area contributed by atoms with Crippen LogP contribution in [0.1, 0.15) is 44.6 Å². The fourth-order valence-electron chi connectivity index (χ4n) is 3.04. The molecule has 9 heteroatoms. The molecule has 7 nitrogen and oxygen atoms in total. The van der Waals surface area contributed by atoms with Gasteiger partial charge in [-0.15, -0.1) is 35.3 Å². The highest BCUT2D eigenvalue weighted by atomic mass is 127. The Morgan fingerprint density at radius 2 is 2.03 bits per heavy atom. The summed E-state index contributed by atoms with van der Waals surface area (Å²) in [6.45, 7) is 12.1. The van der Waals surface area contributed by atoms with Crippen molar-refractivity contribution in [2.24, 2.45) is 4.99 Å². The summed E-state index contributed by atoms with van der Waals surface area (Å²) in [5, 5.41) is 11.7. The largest absolute Gasteiger partial charge is 0.444 e. The number of carbonyl (C=O) groups excluding carboxylic acids is 1. The second-order valence-electron chi connectivity index (χ2n) is 8.10. The molecule has 2 rings (SSSR count). The topological polar surface area (TPSA) is 78.0 Å². The van der Waals surface area contributed by atoms with E-state index < -0.39 is 5.60 Å². The Morgan fingerprint density at radius 1 is 1.31 bits per heavy atom. The van der Waals surface area contributed by atoms with Gasteiger partial charge < -0.3 is 20.7 Å². The first-order valence-electron chi connectivity index (χ1n) is 9.99. The molecule has 166 valence electrons. The molecule has 1 atom stereocenters. The van der Waals surface area contributed by atoms with Crippen LogP contribution >= 0.6 is 35.3 Å². The number of fused-ring (bicyclic) bond motifs is 1. The summed E-state index contributed by atoms with van der Waals surface area (Å²) < 4.78 is 5.22. The first-order valence-corrected chi connectivity index (χ1v) is 10.9. The van der Waals surface area contributed by atoms with Gasteiger partial charge in [0.25, 0.3) is 0 Å². The van der Waals surface area contributed by atoms with Gasteiger partial charge in [0.2, 0.25) is 0 Å². The number of nitrogens with zero attached hydrogens (tertiary/aromatic N) is 2. The number of hydrogen-bond acceptors (Lipinski definition) is 5. The van der Waals surface area contributed by atoms with Gasteiger partial charge in [0.05, 0.1) is 0 Å². The van der Waals surface area contributed by atoms with E-state index in [4.69, 9.17) is 4.74 Å². The number of thiophene rings is 1. The molecule has 1 aromatic rings. The minimum Gasteiger partial charge on any atom is -0.444 e. The number of hydrogen-bond donors (Lipinski definition) is 3. The zero-order chi connectivity index (χ0) is 20.6. The molecule has 2 heterocycles. The van der Waals surface area contributed by atoms with Crippen LogP contribution in [0, 0.1) is 0 Å². The van der Waals surface area contributed by atoms with E-state index in [1.807, 2.05) is 32.1 Å². The zero-order valence-corrected chi connectivity index (χ0v) is 21.4. The van der Waals surface area contributed by atoms with E-state index in [0.717, 1.165) is 45.0 Å². The Labute approximate surface area is 196 Å². The number of carbonyl (C=O) groups is 1. The fourth-order valence-corrected chi connectivity index (χ4v) is 3.93. The first-order chi connectivity index (χ1) is 13.3. The van der Waals surface area contributed by atoms with Crippen molar-refractivity contribution in [1.29, 1.82) is 0 Å². The standard InChI is InChI=1S/C20H35N5O2S.HI/c1-15(25-11-7-17-16(14-25)8-12-28-17)13-24-18(21-5)22-9-6-10-23-19(26)27-20(2,3)4;/h8,12,15H,6-7,9-11,13-14H2,1-5H3,(H,23,26)(H2,21,22,24);1H. The molecule has 0 saturated heterocycles. The number of amides is 1. The van der Waals surface area contributed by atoms with Gasteiger partial charge in [-0.25, -0.2) is 4.79 Å². The van der Waals surface area contributed by atoms with E-state index in [0.29, 0.717) is 12.6 Å². The van der Waals surface area contributed by atoms with Gasteiger partial charge in [-0.1, -0.05) is 0 Å². The third kappa shape index (κ3) is 9.52. The summed E-state index contributed by atoms with van der Waals surface area (Å²) in [5.74, 6) is 0.789. The molecule has 1 aliphatic heterocycles. The lowest BCUT2D eigenvalue weighted by molar-refractivity contribution is 0.0527. The monoisotopic (exact) mass is 537 g/mol.